The Morgan fingerprint density at radius 3 is 2.72 bits per heavy atom. The van der Waals surface area contributed by atoms with Gasteiger partial charge in [-0.15, -0.1) is 0 Å². The summed E-state index contributed by atoms with van der Waals surface area (Å²) in [6, 6.07) is 3.96. The molecule has 1 N–H and O–H groups in total. The fourth-order valence-electron chi connectivity index (χ4n) is 1.84. The number of fused-ring (bicyclic) bond motifs is 1. The monoisotopic (exact) mass is 251 g/mol. The molecule has 0 aliphatic heterocycles. The summed E-state index contributed by atoms with van der Waals surface area (Å²) in [7, 11) is 2.41. The predicted octanol–water partition coefficient (Wildman–Crippen LogP) is 1.17. The Bertz CT molecular complexity index is 705. The van der Waals surface area contributed by atoms with E-state index in [0.717, 1.165) is 11.7 Å². The van der Waals surface area contributed by atoms with Crippen LogP contribution in [0.1, 0.15) is 10.4 Å². The Kier molecular flexibility index (Phi) is 2.78. The molecule has 0 atom stereocenters. The second-order valence-corrected chi connectivity index (χ2v) is 3.72. The number of hydrogen-bond donors (Lipinski definition) is 1. The topological polar surface area (TPSA) is 68.5 Å². The van der Waals surface area contributed by atoms with E-state index in [1.165, 1.54) is 25.2 Å². The number of para-hydroxylation sites is 1. The number of benzene rings is 1. The highest BCUT2D eigenvalue weighted by molar-refractivity contribution is 5.99. The zero-order chi connectivity index (χ0) is 13.4. The number of carbonyl (C=O) groups excluding carboxylic acids is 1. The van der Waals surface area contributed by atoms with Crippen molar-refractivity contribution in [2.24, 2.45) is 7.05 Å². The van der Waals surface area contributed by atoms with Crippen LogP contribution in [-0.4, -0.2) is 22.8 Å². The lowest BCUT2D eigenvalue weighted by atomic mass is 10.1. The van der Waals surface area contributed by atoms with Gasteiger partial charge in [-0.2, -0.15) is 0 Å². The summed E-state index contributed by atoms with van der Waals surface area (Å²) in [5, 5.41) is 9.98. The van der Waals surface area contributed by atoms with Gasteiger partial charge in [0.05, 0.1) is 12.6 Å². The first-order valence-electron chi connectivity index (χ1n) is 5.07. The summed E-state index contributed by atoms with van der Waals surface area (Å²) in [4.78, 5) is 23.3. The first kappa shape index (κ1) is 12.1. The molecule has 94 valence electrons. The minimum absolute atomic E-state index is 0.0624. The summed E-state index contributed by atoms with van der Waals surface area (Å²) in [5.41, 5.74) is -1.37. The molecule has 1 heterocycles. The van der Waals surface area contributed by atoms with Gasteiger partial charge in [-0.3, -0.25) is 4.79 Å². The van der Waals surface area contributed by atoms with Crippen molar-refractivity contribution >= 4 is 16.9 Å². The number of hydrogen-bond acceptors (Lipinski definition) is 4. The average molecular weight is 251 g/mol. The van der Waals surface area contributed by atoms with E-state index in [9.17, 15) is 19.1 Å². The lowest BCUT2D eigenvalue weighted by Crippen LogP contribution is -2.26. The maximum atomic E-state index is 13.6. The van der Waals surface area contributed by atoms with Gasteiger partial charge in [0, 0.05) is 12.4 Å². The number of aromatic nitrogens is 1. The second-order valence-electron chi connectivity index (χ2n) is 3.72. The summed E-state index contributed by atoms with van der Waals surface area (Å²) < 4.78 is 19.0. The minimum Gasteiger partial charge on any atom is -0.506 e. The molecule has 6 heteroatoms. The van der Waals surface area contributed by atoms with Crippen LogP contribution in [0.15, 0.2) is 23.0 Å². The molecule has 0 saturated carbocycles. The Morgan fingerprint density at radius 2 is 2.11 bits per heavy atom. The minimum atomic E-state index is -0.959. The van der Waals surface area contributed by atoms with Crippen LogP contribution in [-0.2, 0) is 11.8 Å². The number of carbonyl (C=O) groups is 1. The van der Waals surface area contributed by atoms with Gasteiger partial charge >= 0.3 is 5.97 Å². The van der Waals surface area contributed by atoms with Crippen LogP contribution in [0.4, 0.5) is 4.39 Å². The average Bonchev–Trinajstić information content (AvgIpc) is 2.35. The molecule has 0 amide bonds. The van der Waals surface area contributed by atoms with E-state index in [-0.39, 0.29) is 10.9 Å². The second kappa shape index (κ2) is 4.14. The van der Waals surface area contributed by atoms with Crippen LogP contribution in [0, 0.1) is 5.82 Å². The SMILES string of the molecule is COC(=O)c1c(O)c2cccc(F)c2n(C)c1=O. The number of aromatic hydroxyl groups is 1. The molecule has 1 aromatic carbocycles. The molecule has 0 unspecified atom stereocenters. The summed E-state index contributed by atoms with van der Waals surface area (Å²) in [6.07, 6.45) is 0. The molecule has 0 aliphatic rings. The van der Waals surface area contributed by atoms with Crippen LogP contribution in [0.2, 0.25) is 0 Å². The van der Waals surface area contributed by atoms with E-state index in [1.54, 1.807) is 0 Å². The Morgan fingerprint density at radius 1 is 1.44 bits per heavy atom. The molecular formula is C12H10FNO4. The number of pyridine rings is 1. The highest BCUT2D eigenvalue weighted by Crippen LogP contribution is 2.27. The number of esters is 1. The fourth-order valence-corrected chi connectivity index (χ4v) is 1.84. The van der Waals surface area contributed by atoms with Crippen molar-refractivity contribution in [1.82, 2.24) is 4.57 Å². The van der Waals surface area contributed by atoms with Crippen LogP contribution in [0.25, 0.3) is 10.9 Å². The molecule has 0 radical (unpaired) electrons. The quantitative estimate of drug-likeness (QED) is 0.772. The number of methoxy groups -OCH3 is 1. The van der Waals surface area contributed by atoms with Gasteiger partial charge in [0.15, 0.2) is 5.56 Å². The molecule has 0 saturated heterocycles. The van der Waals surface area contributed by atoms with E-state index in [1.807, 2.05) is 0 Å². The van der Waals surface area contributed by atoms with Crippen molar-refractivity contribution in [2.75, 3.05) is 7.11 Å². The standard InChI is InChI=1S/C12H10FNO4/c1-14-9-6(4-3-5-7(9)13)10(15)8(11(14)16)12(17)18-2/h3-5,15H,1-2H3. The number of aryl methyl sites for hydroxylation is 1. The zero-order valence-corrected chi connectivity index (χ0v) is 9.73. The molecule has 0 aliphatic carbocycles. The van der Waals surface area contributed by atoms with E-state index in [0.29, 0.717) is 0 Å². The van der Waals surface area contributed by atoms with Crippen molar-refractivity contribution in [3.05, 3.63) is 39.9 Å². The van der Waals surface area contributed by atoms with Gasteiger partial charge in [0.1, 0.15) is 11.6 Å². The van der Waals surface area contributed by atoms with Crippen molar-refractivity contribution in [2.45, 2.75) is 0 Å². The molecular weight excluding hydrogens is 241 g/mol. The van der Waals surface area contributed by atoms with Crippen LogP contribution in [0.3, 0.4) is 0 Å². The summed E-state index contributed by atoms with van der Waals surface area (Å²) in [5.74, 6) is -2.18. The third-order valence-electron chi connectivity index (χ3n) is 2.72. The lowest BCUT2D eigenvalue weighted by Gasteiger charge is -2.10. The third kappa shape index (κ3) is 1.54. The third-order valence-corrected chi connectivity index (χ3v) is 2.72. The van der Waals surface area contributed by atoms with Crippen LogP contribution < -0.4 is 5.56 Å². The van der Waals surface area contributed by atoms with Gasteiger partial charge in [0.25, 0.3) is 5.56 Å². The van der Waals surface area contributed by atoms with Gasteiger partial charge in [-0.1, -0.05) is 6.07 Å². The number of rotatable bonds is 1. The van der Waals surface area contributed by atoms with Crippen LogP contribution in [0.5, 0.6) is 5.75 Å². The molecule has 2 rings (SSSR count). The van der Waals surface area contributed by atoms with E-state index < -0.39 is 28.7 Å². The highest BCUT2D eigenvalue weighted by atomic mass is 19.1. The van der Waals surface area contributed by atoms with E-state index in [4.69, 9.17) is 0 Å². The largest absolute Gasteiger partial charge is 0.506 e. The first-order chi connectivity index (χ1) is 8.49. The molecule has 0 bridgehead atoms. The molecule has 5 nitrogen and oxygen atoms in total. The maximum absolute atomic E-state index is 13.6. The van der Waals surface area contributed by atoms with Crippen LogP contribution >= 0.6 is 0 Å². The Hall–Kier alpha value is -2.37. The highest BCUT2D eigenvalue weighted by Gasteiger charge is 2.22. The molecule has 0 spiro atoms. The van der Waals surface area contributed by atoms with E-state index in [2.05, 4.69) is 4.74 Å². The molecule has 1 aromatic heterocycles. The summed E-state index contributed by atoms with van der Waals surface area (Å²) in [6.45, 7) is 0. The fraction of sp³-hybridized carbons (Fsp3) is 0.167. The number of nitrogens with zero attached hydrogens (tertiary/aromatic N) is 1. The molecule has 0 fully saturated rings. The smallest absolute Gasteiger partial charge is 0.347 e. The number of ether oxygens (including phenoxy) is 1. The first-order valence-corrected chi connectivity index (χ1v) is 5.07. The van der Waals surface area contributed by atoms with Crippen molar-refractivity contribution in [3.63, 3.8) is 0 Å². The maximum Gasteiger partial charge on any atom is 0.347 e. The predicted molar refractivity (Wildman–Crippen MR) is 62.2 cm³/mol. The Labute approximate surface area is 101 Å². The van der Waals surface area contributed by atoms with E-state index >= 15 is 0 Å². The van der Waals surface area contributed by atoms with Gasteiger partial charge in [-0.25, -0.2) is 9.18 Å². The van der Waals surface area contributed by atoms with Gasteiger partial charge < -0.3 is 14.4 Å². The molecule has 2 aromatic rings. The molecule has 18 heavy (non-hydrogen) atoms. The summed E-state index contributed by atoms with van der Waals surface area (Å²) >= 11 is 0. The lowest BCUT2D eigenvalue weighted by molar-refractivity contribution is 0.0595. The Balaban J connectivity index is 3.02. The van der Waals surface area contributed by atoms with Crippen molar-refractivity contribution in [1.29, 1.82) is 0 Å². The van der Waals surface area contributed by atoms with Crippen molar-refractivity contribution < 1.29 is 19.0 Å². The zero-order valence-electron chi connectivity index (χ0n) is 9.73. The van der Waals surface area contributed by atoms with Crippen molar-refractivity contribution in [3.8, 4) is 5.75 Å². The number of halogens is 1. The van der Waals surface area contributed by atoms with Gasteiger partial charge in [-0.05, 0) is 12.1 Å². The van der Waals surface area contributed by atoms with Gasteiger partial charge in [0.2, 0.25) is 0 Å². The normalized spacial score (nSPS) is 10.6.